The first-order valence-corrected chi connectivity index (χ1v) is 9.43. The highest BCUT2D eigenvalue weighted by molar-refractivity contribution is 5.85. The lowest BCUT2D eigenvalue weighted by Crippen LogP contribution is -2.48. The topological polar surface area (TPSA) is 67.4 Å². The average molecular weight is 368 g/mol. The van der Waals surface area contributed by atoms with Crippen molar-refractivity contribution in [2.45, 2.75) is 52.1 Å². The summed E-state index contributed by atoms with van der Waals surface area (Å²) in [6, 6.07) is 17.1. The van der Waals surface area contributed by atoms with E-state index in [0.717, 1.165) is 17.5 Å². The molecule has 2 atom stereocenters. The minimum atomic E-state index is -0.674. The standard InChI is InChI=1S/C22H28N2O3/c1-4-16(3)18-13-9-10-14-20(18)27-19(5-2)22(26)24-23-21(25)15-17-11-7-6-8-12-17/h6-14,16,19H,4-5,15H2,1-3H3,(H,23,25)(H,24,26). The number of rotatable bonds is 8. The fourth-order valence-electron chi connectivity index (χ4n) is 2.73. The molecule has 2 aromatic carbocycles. The maximum atomic E-state index is 12.4. The summed E-state index contributed by atoms with van der Waals surface area (Å²) in [5.41, 5.74) is 6.90. The first-order chi connectivity index (χ1) is 13.0. The van der Waals surface area contributed by atoms with E-state index in [0.29, 0.717) is 18.1 Å². The Hall–Kier alpha value is -2.82. The summed E-state index contributed by atoms with van der Waals surface area (Å²) in [6.45, 7) is 6.13. The van der Waals surface area contributed by atoms with Gasteiger partial charge in [0.25, 0.3) is 5.91 Å². The third-order valence-corrected chi connectivity index (χ3v) is 4.53. The molecule has 2 amide bonds. The zero-order valence-corrected chi connectivity index (χ0v) is 16.2. The summed E-state index contributed by atoms with van der Waals surface area (Å²) in [5.74, 6) is 0.416. The Labute approximate surface area is 161 Å². The molecule has 0 aromatic heterocycles. The number of carbonyl (C=O) groups is 2. The van der Waals surface area contributed by atoms with Crippen LogP contribution < -0.4 is 15.6 Å². The minimum Gasteiger partial charge on any atom is -0.480 e. The van der Waals surface area contributed by atoms with Crippen LogP contribution in [0.5, 0.6) is 5.75 Å². The molecule has 5 heteroatoms. The van der Waals surface area contributed by atoms with Crippen LogP contribution in [0.3, 0.4) is 0 Å². The number of hydrazine groups is 1. The Bertz CT molecular complexity index is 746. The van der Waals surface area contributed by atoms with Gasteiger partial charge >= 0.3 is 0 Å². The molecule has 0 aliphatic heterocycles. The van der Waals surface area contributed by atoms with Crippen LogP contribution in [-0.4, -0.2) is 17.9 Å². The first kappa shape index (κ1) is 20.5. The number of carbonyl (C=O) groups excluding carboxylic acids is 2. The van der Waals surface area contributed by atoms with Gasteiger partial charge in [-0.25, -0.2) is 0 Å². The van der Waals surface area contributed by atoms with Crippen LogP contribution in [0.4, 0.5) is 0 Å². The SMILES string of the molecule is CCC(Oc1ccccc1C(C)CC)C(=O)NNC(=O)Cc1ccccc1. The number of benzene rings is 2. The molecule has 0 aliphatic rings. The number of hydrogen-bond acceptors (Lipinski definition) is 3. The van der Waals surface area contributed by atoms with Gasteiger partial charge in [0.2, 0.25) is 5.91 Å². The quantitative estimate of drug-likeness (QED) is 0.698. The van der Waals surface area contributed by atoms with E-state index in [1.54, 1.807) is 0 Å². The van der Waals surface area contributed by atoms with E-state index >= 15 is 0 Å². The van der Waals surface area contributed by atoms with Crippen LogP contribution in [-0.2, 0) is 16.0 Å². The summed E-state index contributed by atoms with van der Waals surface area (Å²) in [5, 5.41) is 0. The van der Waals surface area contributed by atoms with E-state index in [2.05, 4.69) is 24.7 Å². The van der Waals surface area contributed by atoms with Crippen molar-refractivity contribution in [2.75, 3.05) is 0 Å². The zero-order chi connectivity index (χ0) is 19.6. The largest absolute Gasteiger partial charge is 0.480 e. The molecule has 0 aliphatic carbocycles. The van der Waals surface area contributed by atoms with Gasteiger partial charge < -0.3 is 4.74 Å². The van der Waals surface area contributed by atoms with E-state index in [1.807, 2.05) is 61.5 Å². The van der Waals surface area contributed by atoms with Crippen LogP contribution in [0.2, 0.25) is 0 Å². The van der Waals surface area contributed by atoms with Gasteiger partial charge in [-0.2, -0.15) is 0 Å². The summed E-state index contributed by atoms with van der Waals surface area (Å²) >= 11 is 0. The van der Waals surface area contributed by atoms with Gasteiger partial charge in [0.05, 0.1) is 6.42 Å². The van der Waals surface area contributed by atoms with Crippen molar-refractivity contribution in [1.82, 2.24) is 10.9 Å². The van der Waals surface area contributed by atoms with Crippen molar-refractivity contribution < 1.29 is 14.3 Å². The molecule has 0 spiro atoms. The van der Waals surface area contributed by atoms with Gasteiger partial charge in [-0.15, -0.1) is 0 Å². The molecule has 2 rings (SSSR count). The number of hydrogen-bond donors (Lipinski definition) is 2. The molecule has 0 heterocycles. The number of amides is 2. The van der Waals surface area contributed by atoms with E-state index in [9.17, 15) is 9.59 Å². The predicted octanol–water partition coefficient (Wildman–Crippen LogP) is 3.75. The van der Waals surface area contributed by atoms with Crippen LogP contribution in [0.1, 0.15) is 50.7 Å². The molecule has 27 heavy (non-hydrogen) atoms. The summed E-state index contributed by atoms with van der Waals surface area (Å²) in [7, 11) is 0. The molecule has 0 radical (unpaired) electrons. The van der Waals surface area contributed by atoms with Crippen molar-refractivity contribution in [2.24, 2.45) is 0 Å². The number of nitrogens with one attached hydrogen (secondary N) is 2. The van der Waals surface area contributed by atoms with Crippen molar-refractivity contribution in [3.05, 3.63) is 65.7 Å². The average Bonchev–Trinajstić information content (AvgIpc) is 2.70. The third kappa shape index (κ3) is 6.13. The Balaban J connectivity index is 1.93. The third-order valence-electron chi connectivity index (χ3n) is 4.53. The molecule has 0 saturated carbocycles. The Kier molecular flexibility index (Phi) is 7.86. The lowest BCUT2D eigenvalue weighted by atomic mass is 9.98. The van der Waals surface area contributed by atoms with Crippen molar-refractivity contribution in [3.8, 4) is 5.75 Å². The highest BCUT2D eigenvalue weighted by atomic mass is 16.5. The van der Waals surface area contributed by atoms with Gasteiger partial charge in [-0.1, -0.05) is 69.3 Å². The van der Waals surface area contributed by atoms with E-state index in [-0.39, 0.29) is 18.2 Å². The van der Waals surface area contributed by atoms with Gasteiger partial charge in [0.15, 0.2) is 6.10 Å². The predicted molar refractivity (Wildman–Crippen MR) is 106 cm³/mol. The maximum Gasteiger partial charge on any atom is 0.279 e. The van der Waals surface area contributed by atoms with E-state index in [4.69, 9.17) is 4.74 Å². The van der Waals surface area contributed by atoms with Crippen molar-refractivity contribution >= 4 is 11.8 Å². The lowest BCUT2D eigenvalue weighted by Gasteiger charge is -2.21. The second kappa shape index (κ2) is 10.4. The van der Waals surface area contributed by atoms with Gasteiger partial charge in [-0.05, 0) is 36.0 Å². The van der Waals surface area contributed by atoms with Gasteiger partial charge in [0, 0.05) is 0 Å². The number of ether oxygens (including phenoxy) is 1. The molecular formula is C22H28N2O3. The highest BCUT2D eigenvalue weighted by Gasteiger charge is 2.21. The molecule has 5 nitrogen and oxygen atoms in total. The van der Waals surface area contributed by atoms with E-state index in [1.165, 1.54) is 0 Å². The zero-order valence-electron chi connectivity index (χ0n) is 16.2. The molecular weight excluding hydrogens is 340 g/mol. The molecule has 0 saturated heterocycles. The Morgan fingerprint density at radius 3 is 2.26 bits per heavy atom. The summed E-state index contributed by atoms with van der Waals surface area (Å²) in [6.07, 6.45) is 1.01. The molecule has 0 fully saturated rings. The van der Waals surface area contributed by atoms with Gasteiger partial charge in [0.1, 0.15) is 5.75 Å². The lowest BCUT2D eigenvalue weighted by molar-refractivity contribution is -0.133. The van der Waals surface area contributed by atoms with Crippen LogP contribution in [0, 0.1) is 0 Å². The number of para-hydroxylation sites is 1. The Morgan fingerprint density at radius 1 is 0.926 bits per heavy atom. The molecule has 144 valence electrons. The van der Waals surface area contributed by atoms with Crippen LogP contribution in [0.25, 0.3) is 0 Å². The van der Waals surface area contributed by atoms with Crippen molar-refractivity contribution in [3.63, 3.8) is 0 Å². The second-order valence-electron chi connectivity index (χ2n) is 6.56. The smallest absolute Gasteiger partial charge is 0.279 e. The Morgan fingerprint density at radius 2 is 1.59 bits per heavy atom. The molecule has 2 unspecified atom stereocenters. The maximum absolute atomic E-state index is 12.4. The molecule has 2 N–H and O–H groups in total. The van der Waals surface area contributed by atoms with Crippen LogP contribution >= 0.6 is 0 Å². The normalized spacial score (nSPS) is 12.7. The van der Waals surface area contributed by atoms with Crippen LogP contribution in [0.15, 0.2) is 54.6 Å². The fraction of sp³-hybridized carbons (Fsp3) is 0.364. The summed E-state index contributed by atoms with van der Waals surface area (Å²) in [4.78, 5) is 24.4. The monoisotopic (exact) mass is 368 g/mol. The molecule has 2 aromatic rings. The minimum absolute atomic E-state index is 0.204. The molecule has 0 bridgehead atoms. The second-order valence-corrected chi connectivity index (χ2v) is 6.56. The first-order valence-electron chi connectivity index (χ1n) is 9.43. The van der Waals surface area contributed by atoms with E-state index < -0.39 is 6.10 Å². The van der Waals surface area contributed by atoms with Crippen molar-refractivity contribution in [1.29, 1.82) is 0 Å². The highest BCUT2D eigenvalue weighted by Crippen LogP contribution is 2.29. The summed E-state index contributed by atoms with van der Waals surface area (Å²) < 4.78 is 5.97. The fourth-order valence-corrected chi connectivity index (χ4v) is 2.73. The van der Waals surface area contributed by atoms with Gasteiger partial charge in [-0.3, -0.25) is 20.4 Å².